The third-order valence-electron chi connectivity index (χ3n) is 2.27. The molecule has 0 saturated carbocycles. The molecule has 1 fully saturated rings. The van der Waals surface area contributed by atoms with Crippen LogP contribution in [0.2, 0.25) is 0 Å². The SMILES string of the molecule is Cn1nccc1C(=O)N1CCCCO1. The number of hydrogen-bond donors (Lipinski definition) is 0. The van der Waals surface area contributed by atoms with Crippen LogP contribution < -0.4 is 0 Å². The summed E-state index contributed by atoms with van der Waals surface area (Å²) in [6.45, 7) is 1.30. The Kier molecular flexibility index (Phi) is 2.49. The first kappa shape index (κ1) is 9.21. The van der Waals surface area contributed by atoms with Crippen molar-refractivity contribution in [3.8, 4) is 0 Å². The van der Waals surface area contributed by atoms with E-state index in [2.05, 4.69) is 5.10 Å². The molecule has 14 heavy (non-hydrogen) atoms. The van der Waals surface area contributed by atoms with Crippen molar-refractivity contribution >= 4 is 5.91 Å². The van der Waals surface area contributed by atoms with Gasteiger partial charge in [0.2, 0.25) is 0 Å². The van der Waals surface area contributed by atoms with E-state index < -0.39 is 0 Å². The predicted octanol–water partition coefficient (Wildman–Crippen LogP) is 0.588. The van der Waals surface area contributed by atoms with Crippen LogP contribution in [0.4, 0.5) is 0 Å². The summed E-state index contributed by atoms with van der Waals surface area (Å²) in [6.07, 6.45) is 3.63. The lowest BCUT2D eigenvalue weighted by Gasteiger charge is -2.25. The zero-order valence-electron chi connectivity index (χ0n) is 8.14. The van der Waals surface area contributed by atoms with Gasteiger partial charge in [0, 0.05) is 19.8 Å². The van der Waals surface area contributed by atoms with Crippen LogP contribution in [-0.4, -0.2) is 33.9 Å². The van der Waals surface area contributed by atoms with Crippen molar-refractivity contribution in [3.05, 3.63) is 18.0 Å². The monoisotopic (exact) mass is 195 g/mol. The zero-order chi connectivity index (χ0) is 9.97. The number of amides is 1. The lowest BCUT2D eigenvalue weighted by atomic mass is 10.3. The van der Waals surface area contributed by atoms with Crippen LogP contribution in [0.25, 0.3) is 0 Å². The molecule has 1 saturated heterocycles. The van der Waals surface area contributed by atoms with E-state index in [9.17, 15) is 4.79 Å². The number of aromatic nitrogens is 2. The number of aryl methyl sites for hydroxylation is 1. The maximum atomic E-state index is 11.8. The van der Waals surface area contributed by atoms with Crippen molar-refractivity contribution in [3.63, 3.8) is 0 Å². The second kappa shape index (κ2) is 3.79. The van der Waals surface area contributed by atoms with E-state index in [1.807, 2.05) is 0 Å². The maximum Gasteiger partial charge on any atom is 0.295 e. The summed E-state index contributed by atoms with van der Waals surface area (Å²) in [7, 11) is 1.75. The smallest absolute Gasteiger partial charge is 0.271 e. The van der Waals surface area contributed by atoms with Gasteiger partial charge in [0.05, 0.1) is 6.61 Å². The van der Waals surface area contributed by atoms with E-state index in [1.54, 1.807) is 24.0 Å². The predicted molar refractivity (Wildman–Crippen MR) is 49.4 cm³/mol. The van der Waals surface area contributed by atoms with E-state index in [0.717, 1.165) is 12.8 Å². The molecule has 0 aliphatic carbocycles. The van der Waals surface area contributed by atoms with Gasteiger partial charge in [-0.3, -0.25) is 14.3 Å². The molecule has 2 heterocycles. The average molecular weight is 195 g/mol. The van der Waals surface area contributed by atoms with Crippen LogP contribution >= 0.6 is 0 Å². The first-order valence-corrected chi connectivity index (χ1v) is 4.72. The fourth-order valence-electron chi connectivity index (χ4n) is 1.47. The van der Waals surface area contributed by atoms with Crippen LogP contribution in [0.5, 0.6) is 0 Å². The summed E-state index contributed by atoms with van der Waals surface area (Å²) >= 11 is 0. The molecule has 0 spiro atoms. The number of carbonyl (C=O) groups is 1. The number of hydroxylamine groups is 2. The Bertz CT molecular complexity index is 329. The van der Waals surface area contributed by atoms with Gasteiger partial charge in [0.1, 0.15) is 5.69 Å². The van der Waals surface area contributed by atoms with Gasteiger partial charge in [-0.15, -0.1) is 0 Å². The molecular formula is C9H13N3O2. The highest BCUT2D eigenvalue weighted by Crippen LogP contribution is 2.10. The average Bonchev–Trinajstić information content (AvgIpc) is 2.65. The highest BCUT2D eigenvalue weighted by molar-refractivity contribution is 5.91. The highest BCUT2D eigenvalue weighted by Gasteiger charge is 2.21. The maximum absolute atomic E-state index is 11.8. The van der Waals surface area contributed by atoms with E-state index in [0.29, 0.717) is 18.8 Å². The van der Waals surface area contributed by atoms with Gasteiger partial charge in [-0.1, -0.05) is 0 Å². The van der Waals surface area contributed by atoms with Crippen molar-refractivity contribution < 1.29 is 9.63 Å². The molecule has 5 heteroatoms. The Morgan fingerprint density at radius 2 is 2.43 bits per heavy atom. The summed E-state index contributed by atoms with van der Waals surface area (Å²) in [5, 5.41) is 5.36. The van der Waals surface area contributed by atoms with Gasteiger partial charge in [-0.05, 0) is 18.9 Å². The lowest BCUT2D eigenvalue weighted by Crippen LogP contribution is -2.36. The number of carbonyl (C=O) groups excluding carboxylic acids is 1. The second-order valence-electron chi connectivity index (χ2n) is 3.29. The van der Waals surface area contributed by atoms with Crippen molar-refractivity contribution in [2.75, 3.05) is 13.2 Å². The largest absolute Gasteiger partial charge is 0.295 e. The second-order valence-corrected chi connectivity index (χ2v) is 3.29. The summed E-state index contributed by atoms with van der Waals surface area (Å²) in [4.78, 5) is 17.1. The third kappa shape index (κ3) is 1.63. The molecule has 0 atom stereocenters. The molecule has 5 nitrogen and oxygen atoms in total. The van der Waals surface area contributed by atoms with Gasteiger partial charge in [-0.25, -0.2) is 5.06 Å². The molecule has 0 unspecified atom stereocenters. The van der Waals surface area contributed by atoms with Crippen LogP contribution in [0.15, 0.2) is 12.3 Å². The van der Waals surface area contributed by atoms with Gasteiger partial charge in [-0.2, -0.15) is 5.10 Å². The highest BCUT2D eigenvalue weighted by atomic mass is 16.7. The fraction of sp³-hybridized carbons (Fsp3) is 0.556. The van der Waals surface area contributed by atoms with Gasteiger partial charge in [0.25, 0.3) is 5.91 Å². The lowest BCUT2D eigenvalue weighted by molar-refractivity contribution is -0.144. The first-order valence-electron chi connectivity index (χ1n) is 4.72. The Morgan fingerprint density at radius 3 is 3.00 bits per heavy atom. The van der Waals surface area contributed by atoms with E-state index in [1.165, 1.54) is 5.06 Å². The Labute approximate surface area is 82.2 Å². The zero-order valence-corrected chi connectivity index (χ0v) is 8.14. The van der Waals surface area contributed by atoms with Gasteiger partial charge in [0.15, 0.2) is 0 Å². The normalized spacial score (nSPS) is 17.1. The van der Waals surface area contributed by atoms with Crippen molar-refractivity contribution in [1.29, 1.82) is 0 Å². The summed E-state index contributed by atoms with van der Waals surface area (Å²) < 4.78 is 1.56. The van der Waals surface area contributed by atoms with Gasteiger partial charge < -0.3 is 0 Å². The van der Waals surface area contributed by atoms with Crippen LogP contribution in [0, 0.1) is 0 Å². The Balaban J connectivity index is 2.11. The Hall–Kier alpha value is -1.36. The molecule has 76 valence electrons. The van der Waals surface area contributed by atoms with Crippen LogP contribution in [-0.2, 0) is 11.9 Å². The number of nitrogens with zero attached hydrogens (tertiary/aromatic N) is 3. The van der Waals surface area contributed by atoms with Crippen molar-refractivity contribution in [2.24, 2.45) is 7.05 Å². The van der Waals surface area contributed by atoms with Crippen molar-refractivity contribution in [2.45, 2.75) is 12.8 Å². The molecule has 0 aromatic carbocycles. The minimum Gasteiger partial charge on any atom is -0.271 e. The van der Waals surface area contributed by atoms with Crippen LogP contribution in [0.1, 0.15) is 23.3 Å². The van der Waals surface area contributed by atoms with Crippen molar-refractivity contribution in [1.82, 2.24) is 14.8 Å². The van der Waals surface area contributed by atoms with E-state index in [4.69, 9.17) is 4.84 Å². The van der Waals surface area contributed by atoms with Crippen LogP contribution in [0.3, 0.4) is 0 Å². The molecule has 0 radical (unpaired) electrons. The molecular weight excluding hydrogens is 182 g/mol. The molecule has 0 bridgehead atoms. The fourth-order valence-corrected chi connectivity index (χ4v) is 1.47. The minimum atomic E-state index is -0.107. The van der Waals surface area contributed by atoms with Gasteiger partial charge >= 0.3 is 0 Å². The third-order valence-corrected chi connectivity index (χ3v) is 2.27. The summed E-state index contributed by atoms with van der Waals surface area (Å²) in [5.41, 5.74) is 0.562. The topological polar surface area (TPSA) is 47.4 Å². The molecule has 1 aromatic heterocycles. The molecule has 2 rings (SSSR count). The molecule has 1 amide bonds. The first-order chi connectivity index (χ1) is 6.79. The molecule has 1 aliphatic heterocycles. The number of rotatable bonds is 1. The quantitative estimate of drug-likeness (QED) is 0.658. The number of hydrogen-bond acceptors (Lipinski definition) is 3. The molecule has 0 N–H and O–H groups in total. The van der Waals surface area contributed by atoms with E-state index >= 15 is 0 Å². The summed E-state index contributed by atoms with van der Waals surface area (Å²) in [5.74, 6) is -0.107. The van der Waals surface area contributed by atoms with E-state index in [-0.39, 0.29) is 5.91 Å². The minimum absolute atomic E-state index is 0.107. The summed E-state index contributed by atoms with van der Waals surface area (Å²) in [6, 6.07) is 1.69. The molecule has 1 aromatic rings. The standard InChI is InChI=1S/C9H13N3O2/c1-11-8(4-5-10-11)9(13)12-6-2-3-7-14-12/h4-5H,2-3,6-7H2,1H3. The molecule has 1 aliphatic rings. The Morgan fingerprint density at radius 1 is 1.57 bits per heavy atom.